The topological polar surface area (TPSA) is 69.9 Å². The van der Waals surface area contributed by atoms with Crippen LogP contribution >= 0.6 is 22.9 Å². The molecule has 0 radical (unpaired) electrons. The second-order valence-corrected chi connectivity index (χ2v) is 7.44. The molecule has 146 valence electrons. The van der Waals surface area contributed by atoms with Gasteiger partial charge in [-0.05, 0) is 29.8 Å². The van der Waals surface area contributed by atoms with E-state index in [0.29, 0.717) is 27.0 Å². The summed E-state index contributed by atoms with van der Waals surface area (Å²) in [5.74, 6) is -0.140. The number of thiazole rings is 1. The van der Waals surface area contributed by atoms with Gasteiger partial charge >= 0.3 is 5.97 Å². The molecule has 2 aromatic carbocycles. The lowest BCUT2D eigenvalue weighted by Gasteiger charge is -2.11. The predicted molar refractivity (Wildman–Crippen MR) is 111 cm³/mol. The van der Waals surface area contributed by atoms with E-state index in [4.69, 9.17) is 21.1 Å². The minimum atomic E-state index is -0.551. The van der Waals surface area contributed by atoms with Gasteiger partial charge in [0.2, 0.25) is 0 Å². The number of nitrogens with zero attached hydrogens (tertiary/aromatic N) is 2. The molecule has 0 unspecified atom stereocenters. The molecule has 4 aromatic rings. The summed E-state index contributed by atoms with van der Waals surface area (Å²) in [6, 6.07) is 15.5. The highest BCUT2D eigenvalue weighted by Crippen LogP contribution is 2.21. The average Bonchev–Trinajstić information content (AvgIpc) is 3.21. The molecule has 8 heteroatoms. The number of rotatable bonds is 6. The summed E-state index contributed by atoms with van der Waals surface area (Å²) < 4.78 is 12.6. The molecule has 0 spiro atoms. The van der Waals surface area contributed by atoms with E-state index < -0.39 is 5.97 Å². The Morgan fingerprint density at radius 1 is 1.10 bits per heavy atom. The van der Waals surface area contributed by atoms with Gasteiger partial charge in [-0.15, -0.1) is 11.3 Å². The van der Waals surface area contributed by atoms with Crippen LogP contribution in [-0.2, 0) is 18.0 Å². The van der Waals surface area contributed by atoms with Gasteiger partial charge in [0.1, 0.15) is 24.5 Å². The van der Waals surface area contributed by atoms with E-state index in [1.165, 1.54) is 21.8 Å². The molecule has 0 aliphatic heterocycles. The molecule has 0 saturated heterocycles. The summed E-state index contributed by atoms with van der Waals surface area (Å²) in [6.07, 6.45) is 1.65. The van der Waals surface area contributed by atoms with E-state index in [9.17, 15) is 9.59 Å². The number of carbonyl (C=O) groups is 1. The van der Waals surface area contributed by atoms with Crippen molar-refractivity contribution >= 4 is 33.9 Å². The molecule has 0 bridgehead atoms. The van der Waals surface area contributed by atoms with Crippen molar-refractivity contribution in [1.82, 2.24) is 9.38 Å². The third kappa shape index (κ3) is 4.47. The lowest BCUT2D eigenvalue weighted by Crippen LogP contribution is -2.15. The molecular formula is C21H15ClN2O4S. The molecule has 0 N–H and O–H groups in total. The molecule has 6 nitrogen and oxygen atoms in total. The van der Waals surface area contributed by atoms with Crippen LogP contribution in [0.4, 0.5) is 0 Å². The Morgan fingerprint density at radius 2 is 1.90 bits per heavy atom. The minimum absolute atomic E-state index is 0.103. The molecule has 0 aliphatic rings. The molecule has 0 aliphatic carbocycles. The Morgan fingerprint density at radius 3 is 2.72 bits per heavy atom. The van der Waals surface area contributed by atoms with Crippen molar-refractivity contribution in [2.45, 2.75) is 13.2 Å². The van der Waals surface area contributed by atoms with Crippen molar-refractivity contribution in [3.05, 3.63) is 98.4 Å². The molecule has 0 saturated carbocycles. The normalized spacial score (nSPS) is 10.8. The maximum atomic E-state index is 12.6. The van der Waals surface area contributed by atoms with Gasteiger partial charge in [0.25, 0.3) is 5.56 Å². The third-order valence-corrected chi connectivity index (χ3v) is 5.13. The first-order valence-corrected chi connectivity index (χ1v) is 9.95. The van der Waals surface area contributed by atoms with Gasteiger partial charge in [-0.3, -0.25) is 9.20 Å². The van der Waals surface area contributed by atoms with E-state index in [1.54, 1.807) is 48.0 Å². The number of hydrogen-bond donors (Lipinski definition) is 0. The first-order chi connectivity index (χ1) is 14.1. The monoisotopic (exact) mass is 426 g/mol. The van der Waals surface area contributed by atoms with Gasteiger partial charge in [-0.1, -0.05) is 35.9 Å². The number of para-hydroxylation sites is 1. The zero-order chi connectivity index (χ0) is 20.2. The number of halogens is 1. The van der Waals surface area contributed by atoms with Crippen molar-refractivity contribution < 1.29 is 14.3 Å². The maximum absolute atomic E-state index is 12.6. The molecule has 2 heterocycles. The van der Waals surface area contributed by atoms with Gasteiger partial charge in [-0.2, -0.15) is 0 Å². The van der Waals surface area contributed by atoms with Crippen molar-refractivity contribution in [2.75, 3.05) is 0 Å². The lowest BCUT2D eigenvalue weighted by molar-refractivity contribution is 0.0462. The van der Waals surface area contributed by atoms with E-state index in [-0.39, 0.29) is 18.8 Å². The highest BCUT2D eigenvalue weighted by atomic mass is 35.5. The van der Waals surface area contributed by atoms with Gasteiger partial charge in [0, 0.05) is 22.7 Å². The maximum Gasteiger partial charge on any atom is 0.342 e. The molecule has 4 rings (SSSR count). The van der Waals surface area contributed by atoms with Crippen molar-refractivity contribution in [3.63, 3.8) is 0 Å². The minimum Gasteiger partial charge on any atom is -0.488 e. The Kier molecular flexibility index (Phi) is 5.59. The number of aromatic nitrogens is 2. The molecular weight excluding hydrogens is 412 g/mol. The highest BCUT2D eigenvalue weighted by molar-refractivity contribution is 7.15. The van der Waals surface area contributed by atoms with Crippen LogP contribution in [0.15, 0.2) is 71.0 Å². The fourth-order valence-corrected chi connectivity index (χ4v) is 3.55. The Bertz CT molecular complexity index is 1220. The van der Waals surface area contributed by atoms with Gasteiger partial charge in [-0.25, -0.2) is 9.78 Å². The van der Waals surface area contributed by atoms with Crippen LogP contribution in [0.3, 0.4) is 0 Å². The third-order valence-electron chi connectivity index (χ3n) is 4.12. The smallest absolute Gasteiger partial charge is 0.342 e. The van der Waals surface area contributed by atoms with E-state index >= 15 is 0 Å². The quantitative estimate of drug-likeness (QED) is 0.429. The zero-order valence-electron chi connectivity index (χ0n) is 15.1. The van der Waals surface area contributed by atoms with Crippen molar-refractivity contribution in [3.8, 4) is 5.75 Å². The Labute approximate surface area is 174 Å². The van der Waals surface area contributed by atoms with Gasteiger partial charge in [0.05, 0.1) is 5.69 Å². The second-order valence-electron chi connectivity index (χ2n) is 6.13. The zero-order valence-corrected chi connectivity index (χ0v) is 16.7. The van der Waals surface area contributed by atoms with Gasteiger partial charge in [0.15, 0.2) is 4.96 Å². The number of fused-ring (bicyclic) bond motifs is 1. The summed E-state index contributed by atoms with van der Waals surface area (Å²) in [7, 11) is 0. The summed E-state index contributed by atoms with van der Waals surface area (Å²) in [5, 5.41) is 2.42. The van der Waals surface area contributed by atoms with E-state index in [0.717, 1.165) is 5.56 Å². The molecule has 0 fully saturated rings. The largest absolute Gasteiger partial charge is 0.488 e. The fourth-order valence-electron chi connectivity index (χ4n) is 2.68. The predicted octanol–water partition coefficient (Wildman–Crippen LogP) is 4.35. The first kappa shape index (κ1) is 19.2. The van der Waals surface area contributed by atoms with Crippen LogP contribution in [-0.4, -0.2) is 15.4 Å². The van der Waals surface area contributed by atoms with Gasteiger partial charge < -0.3 is 9.47 Å². The molecule has 0 atom stereocenters. The lowest BCUT2D eigenvalue weighted by atomic mass is 10.2. The van der Waals surface area contributed by atoms with Crippen molar-refractivity contribution in [1.29, 1.82) is 0 Å². The van der Waals surface area contributed by atoms with E-state index in [1.807, 2.05) is 12.1 Å². The summed E-state index contributed by atoms with van der Waals surface area (Å²) in [5.41, 5.74) is 1.40. The standard InChI is InChI=1S/C21H15ClN2O4S/c22-15-7-5-14(6-8-15)12-27-18-4-2-1-3-17(18)20(26)28-13-16-11-19(25)24-9-10-29-21(24)23-16/h1-11H,12-13H2. The van der Waals surface area contributed by atoms with Crippen LogP contribution in [0.2, 0.25) is 5.02 Å². The van der Waals surface area contributed by atoms with Crippen LogP contribution in [0.5, 0.6) is 5.75 Å². The number of carbonyl (C=O) groups excluding carboxylic acids is 1. The molecule has 0 amide bonds. The second kappa shape index (κ2) is 8.46. The molecule has 29 heavy (non-hydrogen) atoms. The first-order valence-electron chi connectivity index (χ1n) is 8.69. The van der Waals surface area contributed by atoms with Crippen LogP contribution in [0, 0.1) is 0 Å². The Balaban J connectivity index is 1.45. The fraction of sp³-hybridized carbons (Fsp3) is 0.0952. The molecule has 2 aromatic heterocycles. The summed E-state index contributed by atoms with van der Waals surface area (Å²) in [4.78, 5) is 29.5. The summed E-state index contributed by atoms with van der Waals surface area (Å²) in [6.45, 7) is 0.183. The van der Waals surface area contributed by atoms with Crippen LogP contribution < -0.4 is 10.3 Å². The van der Waals surface area contributed by atoms with Crippen LogP contribution in [0.25, 0.3) is 4.96 Å². The summed E-state index contributed by atoms with van der Waals surface area (Å²) >= 11 is 7.23. The van der Waals surface area contributed by atoms with E-state index in [2.05, 4.69) is 4.98 Å². The van der Waals surface area contributed by atoms with Crippen molar-refractivity contribution in [2.24, 2.45) is 0 Å². The number of esters is 1. The number of ether oxygens (including phenoxy) is 2. The van der Waals surface area contributed by atoms with Crippen LogP contribution in [0.1, 0.15) is 21.6 Å². The number of hydrogen-bond acceptors (Lipinski definition) is 6. The SMILES string of the molecule is O=C(OCc1cc(=O)n2ccsc2n1)c1ccccc1OCc1ccc(Cl)cc1. The highest BCUT2D eigenvalue weighted by Gasteiger charge is 2.15. The Hall–Kier alpha value is -3.16. The average molecular weight is 427 g/mol. The number of benzene rings is 2.